The number of ether oxygens (including phenoxy) is 1. The number of aryl methyl sites for hydroxylation is 1. The molecule has 2 heterocycles. The lowest BCUT2D eigenvalue weighted by Gasteiger charge is -1.97. The molecule has 0 aromatic carbocycles. The summed E-state index contributed by atoms with van der Waals surface area (Å²) in [6.45, 7) is 1.65. The lowest BCUT2D eigenvalue weighted by molar-refractivity contribution is -0.135. The van der Waals surface area contributed by atoms with Crippen molar-refractivity contribution in [2.24, 2.45) is 5.10 Å². The number of aromatic nitrogens is 2. The van der Waals surface area contributed by atoms with Gasteiger partial charge in [-0.15, -0.1) is 10.2 Å². The molecular weight excluding hydrogens is 318 g/mol. The molecule has 110 valence electrons. The molecule has 1 fully saturated rings. The summed E-state index contributed by atoms with van der Waals surface area (Å²) in [6, 6.07) is 0. The number of nitrogens with zero attached hydrogens (tertiary/aromatic N) is 3. The van der Waals surface area contributed by atoms with Crippen LogP contribution in [0.3, 0.4) is 0 Å². The van der Waals surface area contributed by atoms with Crippen LogP contribution >= 0.6 is 23.3 Å². The molecule has 21 heavy (non-hydrogen) atoms. The number of carbonyl (C=O) groups excluding carboxylic acids is 3. The van der Waals surface area contributed by atoms with Gasteiger partial charge in [0.05, 0.1) is 17.7 Å². The minimum Gasteiger partial charge on any atom is -0.466 e. The summed E-state index contributed by atoms with van der Waals surface area (Å²) in [5.41, 5.74) is 2.77. The quantitative estimate of drug-likeness (QED) is 0.446. The molecule has 1 aliphatic rings. The zero-order chi connectivity index (χ0) is 15.4. The molecule has 0 unspecified atom stereocenters. The molecule has 0 radical (unpaired) electrons. The van der Waals surface area contributed by atoms with E-state index in [-0.39, 0.29) is 10.1 Å². The van der Waals surface area contributed by atoms with Gasteiger partial charge in [0.15, 0.2) is 5.17 Å². The Balaban J connectivity index is 2.02. The summed E-state index contributed by atoms with van der Waals surface area (Å²) in [6.07, 6.45) is 1.04. The first kappa shape index (κ1) is 15.1. The number of nitrogens with one attached hydrogen (secondary N) is 2. The van der Waals surface area contributed by atoms with E-state index in [4.69, 9.17) is 0 Å². The first-order valence-electron chi connectivity index (χ1n) is 5.47. The van der Waals surface area contributed by atoms with Crippen molar-refractivity contribution in [1.82, 2.24) is 20.3 Å². The number of amides is 2. The predicted molar refractivity (Wildman–Crippen MR) is 75.4 cm³/mol. The number of carbonyl (C=O) groups is 3. The van der Waals surface area contributed by atoms with Gasteiger partial charge in [-0.25, -0.2) is 10.2 Å². The molecule has 0 saturated carbocycles. The number of hydrazone groups is 1. The van der Waals surface area contributed by atoms with Crippen molar-refractivity contribution in [3.05, 3.63) is 21.6 Å². The number of thioether (sulfide) groups is 1. The molecule has 2 amide bonds. The lowest BCUT2D eigenvalue weighted by atomic mass is 10.4. The van der Waals surface area contributed by atoms with Gasteiger partial charge in [0.25, 0.3) is 11.8 Å². The van der Waals surface area contributed by atoms with Crippen molar-refractivity contribution in [2.75, 3.05) is 7.11 Å². The molecule has 1 aliphatic heterocycles. The van der Waals surface area contributed by atoms with Crippen molar-refractivity contribution in [1.29, 1.82) is 0 Å². The molecule has 1 saturated heterocycles. The van der Waals surface area contributed by atoms with Crippen LogP contribution in [0.5, 0.6) is 0 Å². The van der Waals surface area contributed by atoms with Crippen LogP contribution in [-0.2, 0) is 14.3 Å². The second kappa shape index (κ2) is 6.45. The molecular formula is C10H9N5O4S2. The summed E-state index contributed by atoms with van der Waals surface area (Å²) < 4.78 is 8.06. The summed E-state index contributed by atoms with van der Waals surface area (Å²) in [5.74, 6) is -1.62. The van der Waals surface area contributed by atoms with E-state index in [0.717, 1.165) is 29.4 Å². The smallest absolute Gasteiger partial charge is 0.331 e. The third kappa shape index (κ3) is 3.64. The summed E-state index contributed by atoms with van der Waals surface area (Å²) in [5, 5.41) is 10.0. The Morgan fingerprint density at radius 2 is 2.24 bits per heavy atom. The third-order valence-electron chi connectivity index (χ3n) is 2.22. The maximum Gasteiger partial charge on any atom is 0.331 e. The molecule has 0 bridgehead atoms. The van der Waals surface area contributed by atoms with Crippen LogP contribution in [0, 0.1) is 6.92 Å². The topological polar surface area (TPSA) is 123 Å². The lowest BCUT2D eigenvalue weighted by Crippen LogP contribution is -2.25. The maximum absolute atomic E-state index is 11.8. The van der Waals surface area contributed by atoms with Gasteiger partial charge in [0.2, 0.25) is 0 Å². The van der Waals surface area contributed by atoms with E-state index < -0.39 is 17.8 Å². The average molecular weight is 327 g/mol. The van der Waals surface area contributed by atoms with Gasteiger partial charge in [-0.2, -0.15) is 0 Å². The minimum absolute atomic E-state index is 0.130. The monoisotopic (exact) mass is 327 g/mol. The van der Waals surface area contributed by atoms with E-state index in [1.807, 2.05) is 0 Å². The van der Waals surface area contributed by atoms with Gasteiger partial charge in [-0.1, -0.05) is 4.49 Å². The predicted octanol–water partition coefficient (Wildman–Crippen LogP) is -0.233. The highest BCUT2D eigenvalue weighted by atomic mass is 32.2. The van der Waals surface area contributed by atoms with Gasteiger partial charge in [0, 0.05) is 6.08 Å². The van der Waals surface area contributed by atoms with E-state index in [1.165, 1.54) is 7.11 Å². The zero-order valence-electron chi connectivity index (χ0n) is 10.9. The highest BCUT2D eigenvalue weighted by Gasteiger charge is 2.25. The maximum atomic E-state index is 11.8. The number of rotatable bonds is 3. The first-order chi connectivity index (χ1) is 10.0. The number of methoxy groups -OCH3 is 1. The fraction of sp³-hybridized carbons (Fsp3) is 0.200. The summed E-state index contributed by atoms with van der Waals surface area (Å²) in [7, 11) is 1.21. The summed E-state index contributed by atoms with van der Waals surface area (Å²) >= 11 is 1.86. The van der Waals surface area contributed by atoms with Crippen molar-refractivity contribution in [2.45, 2.75) is 6.92 Å². The van der Waals surface area contributed by atoms with E-state index in [2.05, 4.69) is 30.2 Å². The van der Waals surface area contributed by atoms with Crippen LogP contribution < -0.4 is 10.7 Å². The Labute approximate surface area is 127 Å². The van der Waals surface area contributed by atoms with Gasteiger partial charge in [-0.3, -0.25) is 14.9 Å². The molecule has 11 heteroatoms. The first-order valence-corrected chi connectivity index (χ1v) is 7.06. The molecule has 1 aromatic heterocycles. The largest absolute Gasteiger partial charge is 0.466 e. The van der Waals surface area contributed by atoms with Crippen molar-refractivity contribution >= 4 is 46.2 Å². The van der Waals surface area contributed by atoms with Crippen LogP contribution in [0.25, 0.3) is 0 Å². The Hall–Kier alpha value is -2.27. The number of esters is 1. The molecule has 0 aliphatic carbocycles. The van der Waals surface area contributed by atoms with Gasteiger partial charge in [0.1, 0.15) is 4.88 Å². The Bertz CT molecular complexity index is 666. The van der Waals surface area contributed by atoms with Crippen LogP contribution in [0.15, 0.2) is 16.1 Å². The van der Waals surface area contributed by atoms with Gasteiger partial charge in [-0.05, 0) is 30.2 Å². The highest BCUT2D eigenvalue weighted by Crippen LogP contribution is 2.23. The fourth-order valence-corrected chi connectivity index (χ4v) is 2.53. The van der Waals surface area contributed by atoms with E-state index in [9.17, 15) is 14.4 Å². The minimum atomic E-state index is -0.649. The van der Waals surface area contributed by atoms with Crippen molar-refractivity contribution in [3.8, 4) is 0 Å². The van der Waals surface area contributed by atoms with Crippen LogP contribution in [0.2, 0.25) is 0 Å². The van der Waals surface area contributed by atoms with Crippen molar-refractivity contribution < 1.29 is 19.1 Å². The molecule has 0 spiro atoms. The average Bonchev–Trinajstić information content (AvgIpc) is 3.03. The molecule has 2 N–H and O–H groups in total. The molecule has 2 rings (SSSR count). The van der Waals surface area contributed by atoms with Gasteiger partial charge < -0.3 is 4.74 Å². The Morgan fingerprint density at radius 1 is 1.48 bits per heavy atom. The van der Waals surface area contributed by atoms with Crippen LogP contribution in [0.1, 0.15) is 15.4 Å². The second-order valence-corrected chi connectivity index (χ2v) is 5.42. The zero-order valence-corrected chi connectivity index (χ0v) is 12.5. The van der Waals surface area contributed by atoms with E-state index in [1.54, 1.807) is 6.92 Å². The number of hydrogen-bond donors (Lipinski definition) is 2. The van der Waals surface area contributed by atoms with Crippen LogP contribution in [-0.4, -0.2) is 39.6 Å². The second-order valence-electron chi connectivity index (χ2n) is 3.63. The molecule has 0 atom stereocenters. The Morgan fingerprint density at radius 3 is 2.86 bits per heavy atom. The van der Waals surface area contributed by atoms with E-state index in [0.29, 0.717) is 10.6 Å². The van der Waals surface area contributed by atoms with E-state index >= 15 is 0 Å². The van der Waals surface area contributed by atoms with Crippen LogP contribution in [0.4, 0.5) is 0 Å². The molecule has 9 nitrogen and oxygen atoms in total. The number of amidine groups is 1. The summed E-state index contributed by atoms with van der Waals surface area (Å²) in [4.78, 5) is 34.8. The van der Waals surface area contributed by atoms with Gasteiger partial charge >= 0.3 is 5.97 Å². The van der Waals surface area contributed by atoms with Crippen molar-refractivity contribution in [3.63, 3.8) is 0 Å². The molecule has 1 aromatic rings. The Kier molecular flexibility index (Phi) is 4.65. The standard InChI is InChI=1S/C10H9N5O4S2/c1-4-7(21-15-12-4)9(18)13-14-10-11-8(17)5(20-10)3-6(16)19-2/h3H,1-2H3,(H,13,18)(H,11,14,17). The third-order valence-corrected chi connectivity index (χ3v) is 3.95. The fourth-order valence-electron chi connectivity index (χ4n) is 1.24. The number of hydrogen-bond acceptors (Lipinski definition) is 9. The normalized spacial score (nSPS) is 17.9. The highest BCUT2D eigenvalue weighted by molar-refractivity contribution is 8.18. The SMILES string of the molecule is COC(=O)C=C1SC(=NNC(=O)c2snnc2C)NC1=O.